The lowest BCUT2D eigenvalue weighted by Gasteiger charge is -2.12. The molecule has 0 atom stereocenters. The van der Waals surface area contributed by atoms with Gasteiger partial charge in [-0.1, -0.05) is 97.1 Å². The Morgan fingerprint density at radius 1 is 0.268 bits per heavy atom. The highest BCUT2D eigenvalue weighted by Gasteiger charge is 2.23. The van der Waals surface area contributed by atoms with Gasteiger partial charge in [-0.15, -0.1) is 0 Å². The molecule has 0 aliphatic rings. The van der Waals surface area contributed by atoms with E-state index in [0.29, 0.717) is 17.6 Å². The highest BCUT2D eigenvalue weighted by molar-refractivity contribution is 6.19. The van der Waals surface area contributed by atoms with E-state index in [4.69, 9.17) is 33.2 Å². The van der Waals surface area contributed by atoms with Crippen LogP contribution in [-0.2, 0) is 0 Å². The van der Waals surface area contributed by atoms with E-state index in [0.717, 1.165) is 138 Å². The lowest BCUT2D eigenvalue weighted by atomic mass is 10.1. The van der Waals surface area contributed by atoms with Crippen LogP contribution in [0.2, 0.25) is 0 Å². The molecule has 9 nitrogen and oxygen atoms in total. The Labute approximate surface area is 402 Å². The van der Waals surface area contributed by atoms with Crippen molar-refractivity contribution in [3.63, 3.8) is 0 Å². The van der Waals surface area contributed by atoms with Gasteiger partial charge < -0.3 is 13.3 Å². The highest BCUT2D eigenvalue weighted by atomic mass is 16.3. The number of hydrogen-bond donors (Lipinski definition) is 0. The summed E-state index contributed by atoms with van der Waals surface area (Å²) >= 11 is 0. The van der Waals surface area contributed by atoms with Crippen LogP contribution in [0, 0.1) is 0 Å². The van der Waals surface area contributed by atoms with Crippen LogP contribution in [0.3, 0.4) is 0 Å². The highest BCUT2D eigenvalue weighted by Crippen LogP contribution is 2.41. The van der Waals surface area contributed by atoms with Crippen molar-refractivity contribution in [1.82, 2.24) is 29.1 Å². The molecule has 0 saturated heterocycles. The Morgan fingerprint density at radius 3 is 1.25 bits per heavy atom. The summed E-state index contributed by atoms with van der Waals surface area (Å²) in [6, 6.07) is 71.0. The molecule has 0 spiro atoms. The van der Waals surface area contributed by atoms with Crippen molar-refractivity contribution >= 4 is 109 Å². The second-order valence-electron chi connectivity index (χ2n) is 18.2. The predicted octanol–water partition coefficient (Wildman–Crippen LogP) is 16.2. The van der Waals surface area contributed by atoms with Gasteiger partial charge in [0, 0.05) is 70.6 Å². The van der Waals surface area contributed by atoms with Gasteiger partial charge in [-0.3, -0.25) is 9.13 Å². The van der Waals surface area contributed by atoms with Gasteiger partial charge in [0.1, 0.15) is 39.3 Å². The van der Waals surface area contributed by atoms with E-state index in [2.05, 4.69) is 130 Å². The molecule has 0 saturated carbocycles. The molecule has 9 heteroatoms. The monoisotopic (exact) mass is 910 g/mol. The molecule has 7 aromatic heterocycles. The Kier molecular flexibility index (Phi) is 7.70. The fourth-order valence-corrected chi connectivity index (χ4v) is 10.9. The van der Waals surface area contributed by atoms with E-state index in [9.17, 15) is 0 Å². The number of benzene rings is 9. The van der Waals surface area contributed by atoms with Crippen LogP contribution in [0.25, 0.3) is 155 Å². The standard InChI is InChI=1S/C62H34N6O3/c1-6-18-49-38(12-1)43-33-44-39-13-2-7-19-50(39)68(52(44)34-51(43)67(49)59-23-11-17-48(63-59)35-24-27-56-45(30-35)40-14-3-8-20-53(40)69-56)62-65-60(36-25-28-57-46(31-36)41-15-4-9-21-54(41)70-57)64-61(66-62)37-26-29-58-47(32-37)42-16-5-10-22-55(42)71-58/h1-34H. The smallest absolute Gasteiger partial charge is 0.238 e. The summed E-state index contributed by atoms with van der Waals surface area (Å²) in [6.07, 6.45) is 0. The first kappa shape index (κ1) is 38.1. The molecule has 9 aromatic carbocycles. The second kappa shape index (κ2) is 14.3. The zero-order chi connectivity index (χ0) is 46.3. The van der Waals surface area contributed by atoms with E-state index in [1.165, 1.54) is 0 Å². The molecule has 0 amide bonds. The molecule has 0 radical (unpaired) electrons. The van der Waals surface area contributed by atoms with Gasteiger partial charge in [0.05, 0.1) is 27.8 Å². The topological polar surface area (TPSA) is 101 Å². The van der Waals surface area contributed by atoms with Crippen LogP contribution in [0.4, 0.5) is 0 Å². The summed E-state index contributed by atoms with van der Waals surface area (Å²) in [4.78, 5) is 21.5. The molecule has 16 rings (SSSR count). The quantitative estimate of drug-likeness (QED) is 0.169. The first-order chi connectivity index (χ1) is 35.1. The third kappa shape index (κ3) is 5.62. The fraction of sp³-hybridized carbons (Fsp3) is 0. The minimum atomic E-state index is 0.495. The Morgan fingerprint density at radius 2 is 0.704 bits per heavy atom. The van der Waals surface area contributed by atoms with Crippen LogP contribution in [0.5, 0.6) is 0 Å². The number of furan rings is 3. The average Bonchev–Trinajstić information content (AvgIpc) is 4.24. The van der Waals surface area contributed by atoms with Crippen LogP contribution in [-0.4, -0.2) is 29.1 Å². The van der Waals surface area contributed by atoms with Gasteiger partial charge in [0.15, 0.2) is 11.6 Å². The summed E-state index contributed by atoms with van der Waals surface area (Å²) in [7, 11) is 0. The van der Waals surface area contributed by atoms with Crippen molar-refractivity contribution in [2.45, 2.75) is 0 Å². The maximum atomic E-state index is 6.26. The number of nitrogens with zero attached hydrogens (tertiary/aromatic N) is 6. The molecule has 7 heterocycles. The minimum absolute atomic E-state index is 0.495. The zero-order valence-electron chi connectivity index (χ0n) is 37.5. The fourth-order valence-electron chi connectivity index (χ4n) is 10.9. The first-order valence-corrected chi connectivity index (χ1v) is 23.6. The molecule has 0 N–H and O–H groups in total. The number of hydrogen-bond acceptors (Lipinski definition) is 7. The Hall–Kier alpha value is -9.86. The minimum Gasteiger partial charge on any atom is -0.456 e. The third-order valence-corrected chi connectivity index (χ3v) is 14.2. The van der Waals surface area contributed by atoms with Crippen molar-refractivity contribution in [3.8, 4) is 45.8 Å². The lowest BCUT2D eigenvalue weighted by molar-refractivity contribution is 0.668. The molecule has 16 aromatic rings. The number of aromatic nitrogens is 6. The first-order valence-electron chi connectivity index (χ1n) is 23.6. The Bertz CT molecular complexity index is 4780. The number of pyridine rings is 1. The van der Waals surface area contributed by atoms with E-state index in [-0.39, 0.29) is 0 Å². The summed E-state index contributed by atoms with van der Waals surface area (Å²) in [5, 5.41) is 10.6. The van der Waals surface area contributed by atoms with Gasteiger partial charge in [0.25, 0.3) is 0 Å². The number of fused-ring (bicyclic) bond motifs is 15. The Balaban J connectivity index is 0.940. The van der Waals surface area contributed by atoms with Gasteiger partial charge in [0.2, 0.25) is 5.95 Å². The second-order valence-corrected chi connectivity index (χ2v) is 18.2. The van der Waals surface area contributed by atoms with Gasteiger partial charge in [-0.2, -0.15) is 9.97 Å². The number of rotatable bonds is 5. The summed E-state index contributed by atoms with van der Waals surface area (Å²) < 4.78 is 23.2. The maximum Gasteiger partial charge on any atom is 0.238 e. The zero-order valence-corrected chi connectivity index (χ0v) is 37.5. The SMILES string of the molecule is c1cc(-c2ccc3oc4ccccc4c3c2)nc(-n2c3ccccc3c3cc4c5ccccc5n(-c5nc(-c6ccc7oc8ccccc8c7c6)nc(-c6ccc7oc8ccccc8c7c6)n5)c4cc32)c1. The third-order valence-electron chi connectivity index (χ3n) is 14.2. The van der Waals surface area contributed by atoms with Gasteiger partial charge in [-0.05, 0) is 109 Å². The van der Waals surface area contributed by atoms with Crippen molar-refractivity contribution in [1.29, 1.82) is 0 Å². The molecule has 0 unspecified atom stereocenters. The van der Waals surface area contributed by atoms with Gasteiger partial charge in [-0.25, -0.2) is 9.97 Å². The van der Waals surface area contributed by atoms with E-state index in [1.54, 1.807) is 0 Å². The van der Waals surface area contributed by atoms with Crippen molar-refractivity contribution in [3.05, 3.63) is 206 Å². The van der Waals surface area contributed by atoms with Crippen molar-refractivity contribution in [2.75, 3.05) is 0 Å². The lowest BCUT2D eigenvalue weighted by Crippen LogP contribution is -2.06. The summed E-state index contributed by atoms with van der Waals surface area (Å²) in [5.41, 5.74) is 12.5. The molecule has 71 heavy (non-hydrogen) atoms. The molecular weight excluding hydrogens is 877 g/mol. The summed E-state index contributed by atoms with van der Waals surface area (Å²) in [6.45, 7) is 0. The molecular formula is C62H34N6O3. The summed E-state index contributed by atoms with van der Waals surface area (Å²) in [5.74, 6) is 2.38. The molecule has 330 valence electrons. The van der Waals surface area contributed by atoms with Crippen LogP contribution in [0.15, 0.2) is 220 Å². The van der Waals surface area contributed by atoms with Gasteiger partial charge >= 0.3 is 0 Å². The molecule has 0 fully saturated rings. The van der Waals surface area contributed by atoms with Crippen LogP contribution in [0.1, 0.15) is 0 Å². The van der Waals surface area contributed by atoms with Crippen molar-refractivity contribution < 1.29 is 13.3 Å². The number of para-hydroxylation sites is 5. The van der Waals surface area contributed by atoms with Crippen LogP contribution < -0.4 is 0 Å². The molecule has 0 aliphatic carbocycles. The normalized spacial score (nSPS) is 12.2. The van der Waals surface area contributed by atoms with E-state index < -0.39 is 0 Å². The van der Waals surface area contributed by atoms with E-state index in [1.807, 2.05) is 84.9 Å². The van der Waals surface area contributed by atoms with Crippen LogP contribution >= 0.6 is 0 Å². The largest absolute Gasteiger partial charge is 0.456 e. The molecule has 0 bridgehead atoms. The molecule has 0 aliphatic heterocycles. The predicted molar refractivity (Wildman–Crippen MR) is 284 cm³/mol. The van der Waals surface area contributed by atoms with Crippen molar-refractivity contribution in [2.24, 2.45) is 0 Å². The average molecular weight is 911 g/mol. The maximum absolute atomic E-state index is 6.26. The van der Waals surface area contributed by atoms with E-state index >= 15 is 0 Å².